The molecule has 2 N–H and O–H groups in total. The summed E-state index contributed by atoms with van der Waals surface area (Å²) in [6.45, 7) is 0.665. The Morgan fingerprint density at radius 3 is 2.53 bits per heavy atom. The molecule has 0 radical (unpaired) electrons. The Balaban J connectivity index is 3.08. The number of hydrogen-bond donors (Lipinski definition) is 2. The zero-order valence-electron chi connectivity index (χ0n) is 8.75. The third kappa shape index (κ3) is 3.36. The van der Waals surface area contributed by atoms with Gasteiger partial charge in [0.25, 0.3) is 0 Å². The molecule has 96 valence electrons. The summed E-state index contributed by atoms with van der Waals surface area (Å²) in [4.78, 5) is 0. The van der Waals surface area contributed by atoms with E-state index in [1.165, 1.54) is 6.92 Å². The van der Waals surface area contributed by atoms with Gasteiger partial charge in [-0.15, -0.1) is 0 Å². The molecule has 0 aromatic heterocycles. The Morgan fingerprint density at radius 2 is 2.00 bits per heavy atom. The number of hydrogen-bond acceptors (Lipinski definition) is 3. The van der Waals surface area contributed by atoms with Gasteiger partial charge in [0, 0.05) is 6.07 Å². The lowest BCUT2D eigenvalue weighted by Gasteiger charge is -2.13. The smallest absolute Gasteiger partial charge is 0.237 e. The maximum Gasteiger partial charge on any atom is 0.237 e. The minimum Gasteiger partial charge on any atom is -0.395 e. The van der Waals surface area contributed by atoms with Gasteiger partial charge in [0.05, 0.1) is 16.8 Å². The predicted molar refractivity (Wildman–Crippen MR) is 63.1 cm³/mol. The molecule has 0 saturated heterocycles. The first-order valence-electron chi connectivity index (χ1n) is 4.55. The van der Waals surface area contributed by atoms with E-state index in [9.17, 15) is 17.2 Å². The van der Waals surface area contributed by atoms with Crippen molar-refractivity contribution >= 4 is 31.6 Å². The molecule has 1 unspecified atom stereocenters. The number of halogens is 3. The molecule has 8 heteroatoms. The van der Waals surface area contributed by atoms with Gasteiger partial charge >= 0.3 is 0 Å². The molecule has 1 rings (SSSR count). The molecule has 4 nitrogen and oxygen atoms in total. The monoisotopic (exact) mass is 329 g/mol. The zero-order chi connectivity index (χ0) is 13.2. The van der Waals surface area contributed by atoms with Crippen molar-refractivity contribution in [2.75, 3.05) is 11.3 Å². The lowest BCUT2D eigenvalue weighted by atomic mass is 10.3. The van der Waals surface area contributed by atoms with Gasteiger partial charge in [0.15, 0.2) is 0 Å². The molecular formula is C9H10BrF2NO3S. The molecule has 0 aliphatic heterocycles. The molecular weight excluding hydrogens is 320 g/mol. The second-order valence-electron chi connectivity index (χ2n) is 3.39. The van der Waals surface area contributed by atoms with Crippen LogP contribution < -0.4 is 4.72 Å². The van der Waals surface area contributed by atoms with Crippen LogP contribution in [0, 0.1) is 11.6 Å². The van der Waals surface area contributed by atoms with Crippen LogP contribution in [0.2, 0.25) is 0 Å². The predicted octanol–water partition coefficient (Wildman–Crippen LogP) is 1.85. The lowest BCUT2D eigenvalue weighted by molar-refractivity contribution is 0.296. The highest BCUT2D eigenvalue weighted by Gasteiger charge is 2.21. The molecule has 0 fully saturated rings. The summed E-state index contributed by atoms with van der Waals surface area (Å²) in [6, 6.07) is 1.54. The molecule has 17 heavy (non-hydrogen) atoms. The highest BCUT2D eigenvalue weighted by Crippen LogP contribution is 2.24. The lowest BCUT2D eigenvalue weighted by Crippen LogP contribution is -2.28. The maximum absolute atomic E-state index is 13.3. The fourth-order valence-corrected chi connectivity index (χ4v) is 2.16. The van der Waals surface area contributed by atoms with Gasteiger partial charge in [-0.3, -0.25) is 4.72 Å². The maximum atomic E-state index is 13.3. The van der Waals surface area contributed by atoms with Gasteiger partial charge in [-0.05, 0) is 28.9 Å². The highest BCUT2D eigenvalue weighted by molar-refractivity contribution is 9.10. The molecule has 0 heterocycles. The quantitative estimate of drug-likeness (QED) is 0.828. The molecule has 1 aromatic rings. The zero-order valence-corrected chi connectivity index (χ0v) is 11.1. The molecule has 0 bridgehead atoms. The normalized spacial score (nSPS) is 13.5. The minimum absolute atomic E-state index is 0.0618. The Bertz CT molecular complexity index is 521. The van der Waals surface area contributed by atoms with Crippen molar-refractivity contribution in [1.82, 2.24) is 0 Å². The third-order valence-electron chi connectivity index (χ3n) is 2.05. The van der Waals surface area contributed by atoms with Crippen molar-refractivity contribution in [2.24, 2.45) is 0 Å². The second-order valence-corrected chi connectivity index (χ2v) is 6.34. The Morgan fingerprint density at radius 1 is 1.41 bits per heavy atom. The largest absolute Gasteiger partial charge is 0.395 e. The summed E-state index contributed by atoms with van der Waals surface area (Å²) in [6.07, 6.45) is 0. The molecule has 1 atom stereocenters. The van der Waals surface area contributed by atoms with E-state index in [1.807, 2.05) is 4.72 Å². The topological polar surface area (TPSA) is 66.4 Å². The van der Waals surface area contributed by atoms with Crippen LogP contribution in [0.15, 0.2) is 16.6 Å². The van der Waals surface area contributed by atoms with Gasteiger partial charge in [0.1, 0.15) is 16.9 Å². The number of aliphatic hydroxyl groups excluding tert-OH is 1. The number of rotatable bonds is 4. The van der Waals surface area contributed by atoms with Crippen LogP contribution >= 0.6 is 15.9 Å². The molecule has 0 aliphatic rings. The van der Waals surface area contributed by atoms with E-state index in [-0.39, 0.29) is 10.2 Å². The fraction of sp³-hybridized carbons (Fsp3) is 0.333. The van der Waals surface area contributed by atoms with Gasteiger partial charge in [0.2, 0.25) is 10.0 Å². The van der Waals surface area contributed by atoms with E-state index >= 15 is 0 Å². The summed E-state index contributed by atoms with van der Waals surface area (Å²) >= 11 is 2.82. The second kappa shape index (κ2) is 5.28. The van der Waals surface area contributed by atoms with Gasteiger partial charge in [-0.2, -0.15) is 0 Å². The summed E-state index contributed by atoms with van der Waals surface area (Å²) in [5.41, 5.74) is -0.376. The van der Waals surface area contributed by atoms with E-state index in [0.29, 0.717) is 6.07 Å². The van der Waals surface area contributed by atoms with Crippen LogP contribution in [-0.4, -0.2) is 25.4 Å². The van der Waals surface area contributed by atoms with Crippen LogP contribution in [0.3, 0.4) is 0 Å². The summed E-state index contributed by atoms with van der Waals surface area (Å²) in [5.74, 6) is -1.86. The third-order valence-corrected chi connectivity index (χ3v) is 4.37. The number of benzene rings is 1. The summed E-state index contributed by atoms with van der Waals surface area (Å²) in [7, 11) is -3.90. The number of sulfonamides is 1. The van der Waals surface area contributed by atoms with Crippen molar-refractivity contribution in [2.45, 2.75) is 12.2 Å². The van der Waals surface area contributed by atoms with Crippen LogP contribution in [-0.2, 0) is 10.0 Å². The van der Waals surface area contributed by atoms with Crippen molar-refractivity contribution in [3.63, 3.8) is 0 Å². The van der Waals surface area contributed by atoms with Gasteiger partial charge in [-0.25, -0.2) is 17.2 Å². The average molecular weight is 330 g/mol. The van der Waals surface area contributed by atoms with E-state index in [0.717, 1.165) is 6.07 Å². The number of nitrogens with one attached hydrogen (secondary N) is 1. The van der Waals surface area contributed by atoms with Crippen LogP contribution in [0.25, 0.3) is 0 Å². The average Bonchev–Trinajstić information content (AvgIpc) is 2.24. The summed E-state index contributed by atoms with van der Waals surface area (Å²) in [5, 5.41) is 7.64. The standard InChI is InChI=1S/C9H10BrF2NO3S/c1-5(4-14)17(15,16)13-9-2-6(10)7(11)3-8(9)12/h2-3,5,13-14H,4H2,1H3. The SMILES string of the molecule is CC(CO)S(=O)(=O)Nc1cc(Br)c(F)cc1F. The van der Waals surface area contributed by atoms with Crippen molar-refractivity contribution < 1.29 is 22.3 Å². The van der Waals surface area contributed by atoms with Crippen molar-refractivity contribution in [3.8, 4) is 0 Å². The van der Waals surface area contributed by atoms with E-state index in [4.69, 9.17) is 5.11 Å². The Hall–Kier alpha value is -0.730. The van der Waals surface area contributed by atoms with E-state index in [1.54, 1.807) is 0 Å². The van der Waals surface area contributed by atoms with Crippen molar-refractivity contribution in [1.29, 1.82) is 0 Å². The Kier molecular flexibility index (Phi) is 4.45. The van der Waals surface area contributed by atoms with Crippen LogP contribution in [0.5, 0.6) is 0 Å². The van der Waals surface area contributed by atoms with E-state index in [2.05, 4.69) is 15.9 Å². The fourth-order valence-electron chi connectivity index (χ4n) is 0.953. The number of aliphatic hydroxyl groups is 1. The first kappa shape index (κ1) is 14.3. The highest BCUT2D eigenvalue weighted by atomic mass is 79.9. The Labute approximate surface area is 106 Å². The van der Waals surface area contributed by atoms with Crippen LogP contribution in [0.4, 0.5) is 14.5 Å². The van der Waals surface area contributed by atoms with Crippen LogP contribution in [0.1, 0.15) is 6.92 Å². The summed E-state index contributed by atoms with van der Waals surface area (Å²) < 4.78 is 51.1. The first-order valence-corrected chi connectivity index (χ1v) is 6.89. The van der Waals surface area contributed by atoms with Gasteiger partial charge in [-0.1, -0.05) is 0 Å². The molecule has 0 amide bonds. The van der Waals surface area contributed by atoms with Gasteiger partial charge < -0.3 is 5.11 Å². The minimum atomic E-state index is -3.90. The number of anilines is 1. The molecule has 1 aromatic carbocycles. The van der Waals surface area contributed by atoms with E-state index < -0.39 is 33.5 Å². The molecule has 0 spiro atoms. The van der Waals surface area contributed by atoms with Crippen molar-refractivity contribution in [3.05, 3.63) is 28.2 Å². The molecule has 0 aliphatic carbocycles. The first-order chi connectivity index (χ1) is 7.77. The molecule has 0 saturated carbocycles.